The first-order valence-corrected chi connectivity index (χ1v) is 8.23. The molecule has 0 N–H and O–H groups in total. The Morgan fingerprint density at radius 2 is 1.83 bits per heavy atom. The minimum absolute atomic E-state index is 0.0657. The van der Waals surface area contributed by atoms with Crippen LogP contribution in [0.2, 0.25) is 0 Å². The van der Waals surface area contributed by atoms with Crippen LogP contribution in [0.4, 0.5) is 8.63 Å². The second-order valence-electron chi connectivity index (χ2n) is 6.08. The van der Waals surface area contributed by atoms with Crippen molar-refractivity contribution in [3.05, 3.63) is 39.4 Å². The summed E-state index contributed by atoms with van der Waals surface area (Å²) in [6.45, 7) is 11.5. The van der Waals surface area contributed by atoms with Crippen LogP contribution < -0.4 is 0 Å². The van der Waals surface area contributed by atoms with Crippen LogP contribution in [0.25, 0.3) is 5.57 Å². The van der Waals surface area contributed by atoms with Crippen molar-refractivity contribution in [2.75, 3.05) is 0 Å². The fourth-order valence-corrected chi connectivity index (χ4v) is 3.75. The molecule has 0 bridgehead atoms. The minimum atomic E-state index is -2.77. The van der Waals surface area contributed by atoms with Crippen molar-refractivity contribution in [3.8, 4) is 0 Å². The number of aldehydes is 1. The molecule has 2 heterocycles. The molecule has 0 saturated carbocycles. The summed E-state index contributed by atoms with van der Waals surface area (Å²) >= 11 is 0. The largest absolute Gasteiger partial charge is 0.678 e. The van der Waals surface area contributed by atoms with Crippen LogP contribution in [0.1, 0.15) is 68.3 Å². The molecule has 3 nitrogen and oxygen atoms in total. The third kappa shape index (κ3) is 2.68. The third-order valence-electron chi connectivity index (χ3n) is 4.87. The quantitative estimate of drug-likeness (QED) is 0.559. The summed E-state index contributed by atoms with van der Waals surface area (Å²) in [7, 11) is -2.77. The number of hydrogen-bond donors (Lipinski definition) is 0. The molecule has 24 heavy (non-hydrogen) atoms. The summed E-state index contributed by atoms with van der Waals surface area (Å²) in [5.41, 5.74) is 6.43. The predicted octanol–water partition coefficient (Wildman–Crippen LogP) is 4.88. The molecule has 0 amide bonds. The van der Waals surface area contributed by atoms with Gasteiger partial charge in [-0.15, -0.1) is 0 Å². The van der Waals surface area contributed by atoms with E-state index >= 15 is 0 Å². The van der Waals surface area contributed by atoms with Gasteiger partial charge in [-0.1, -0.05) is 13.8 Å². The maximum absolute atomic E-state index is 13.7. The van der Waals surface area contributed by atoms with Gasteiger partial charge in [-0.3, -0.25) is 18.4 Å². The average molecular weight is 332 g/mol. The Morgan fingerprint density at radius 3 is 2.25 bits per heavy atom. The molecule has 0 aliphatic carbocycles. The molecular weight excluding hydrogens is 309 g/mol. The van der Waals surface area contributed by atoms with Crippen LogP contribution in [0.5, 0.6) is 0 Å². The van der Waals surface area contributed by atoms with Gasteiger partial charge in [0.05, 0.1) is 11.4 Å². The fourth-order valence-electron chi connectivity index (χ4n) is 3.75. The van der Waals surface area contributed by atoms with Crippen LogP contribution in [0, 0.1) is 6.92 Å². The second-order valence-corrected chi connectivity index (χ2v) is 6.08. The van der Waals surface area contributed by atoms with Crippen LogP contribution in [0.15, 0.2) is 21.8 Å². The van der Waals surface area contributed by atoms with Gasteiger partial charge in [0.1, 0.15) is 0 Å². The Bertz CT molecular complexity index is 785. The zero-order valence-electron chi connectivity index (χ0n) is 15.1. The zero-order chi connectivity index (χ0) is 18.2. The number of rotatable bonds is 5. The van der Waals surface area contributed by atoms with Crippen LogP contribution in [0.3, 0.4) is 0 Å². The lowest BCUT2D eigenvalue weighted by Crippen LogP contribution is -2.19. The number of allylic oxidation sites excluding steroid dienone is 3. The maximum atomic E-state index is 13.7. The highest BCUT2D eigenvalue weighted by Gasteiger charge is 2.31. The molecule has 1 aliphatic heterocycles. The van der Waals surface area contributed by atoms with E-state index in [1.165, 1.54) is 0 Å². The molecule has 0 fully saturated rings. The Hall–Kier alpha value is -1.98. The molecule has 0 atom stereocenters. The van der Waals surface area contributed by atoms with Gasteiger partial charge in [-0.2, -0.15) is 0 Å². The van der Waals surface area contributed by atoms with Gasteiger partial charge in [0.25, 0.3) is 0 Å². The molecule has 2 rings (SSSR count). The number of aromatic nitrogens is 1. The standard InChI is InChI=1S/C18H23BF2N2O/c1-7-14-10(3)17(22-13(14)6)12(5)18-11(4)15(8-2)16(9-24)23(18)19(20)21/h9H,7-8H2,1-6H3/b17-12-. The smallest absolute Gasteiger partial charge is 0.322 e. The van der Waals surface area contributed by atoms with Crippen molar-refractivity contribution in [2.24, 2.45) is 4.99 Å². The lowest BCUT2D eigenvalue weighted by Gasteiger charge is -2.12. The summed E-state index contributed by atoms with van der Waals surface area (Å²) in [5, 5.41) is 0. The van der Waals surface area contributed by atoms with Gasteiger partial charge >= 0.3 is 7.40 Å². The fraction of sp³-hybridized carbons (Fsp3) is 0.444. The van der Waals surface area contributed by atoms with Crippen molar-refractivity contribution >= 4 is 25.0 Å². The normalized spacial score (nSPS) is 16.6. The van der Waals surface area contributed by atoms with E-state index in [1.807, 2.05) is 27.7 Å². The van der Waals surface area contributed by atoms with Crippen LogP contribution in [-0.2, 0) is 6.42 Å². The van der Waals surface area contributed by atoms with Crippen molar-refractivity contribution < 1.29 is 13.4 Å². The molecule has 0 unspecified atom stereocenters. The average Bonchev–Trinajstić information content (AvgIpc) is 2.99. The highest BCUT2D eigenvalue weighted by Crippen LogP contribution is 2.36. The maximum Gasteiger partial charge on any atom is 0.678 e. The molecule has 0 radical (unpaired) electrons. The van der Waals surface area contributed by atoms with E-state index in [0.29, 0.717) is 29.5 Å². The first-order valence-electron chi connectivity index (χ1n) is 8.23. The van der Waals surface area contributed by atoms with Crippen LogP contribution >= 0.6 is 0 Å². The number of carbonyl (C=O) groups excluding carboxylic acids is 1. The van der Waals surface area contributed by atoms with E-state index < -0.39 is 7.40 Å². The predicted molar refractivity (Wildman–Crippen MR) is 96.0 cm³/mol. The topological polar surface area (TPSA) is 34.4 Å². The van der Waals surface area contributed by atoms with Gasteiger partial charge in [0.15, 0.2) is 6.29 Å². The van der Waals surface area contributed by atoms with Gasteiger partial charge < -0.3 is 4.48 Å². The molecule has 0 aromatic carbocycles. The summed E-state index contributed by atoms with van der Waals surface area (Å²) < 4.78 is 28.3. The first kappa shape index (κ1) is 18.4. The molecular formula is C18H23BF2N2O. The van der Waals surface area contributed by atoms with E-state index in [4.69, 9.17) is 0 Å². The van der Waals surface area contributed by atoms with Gasteiger partial charge in [-0.05, 0) is 68.4 Å². The molecule has 128 valence electrons. The van der Waals surface area contributed by atoms with Crippen LogP contribution in [-0.4, -0.2) is 23.9 Å². The molecule has 0 spiro atoms. The number of carbonyl (C=O) groups is 1. The SMILES string of the molecule is CCC1=C(C)/C(=C(\C)c2c(C)c(CC)c(C=O)n2B(F)F)N=C1C. The summed E-state index contributed by atoms with van der Waals surface area (Å²) in [4.78, 5) is 16.0. The summed E-state index contributed by atoms with van der Waals surface area (Å²) in [6, 6.07) is 0. The van der Waals surface area contributed by atoms with Crippen molar-refractivity contribution in [2.45, 2.75) is 54.4 Å². The monoisotopic (exact) mass is 332 g/mol. The van der Waals surface area contributed by atoms with E-state index in [2.05, 4.69) is 11.9 Å². The van der Waals surface area contributed by atoms with E-state index in [-0.39, 0.29) is 5.69 Å². The molecule has 1 aromatic heterocycles. The summed E-state index contributed by atoms with van der Waals surface area (Å²) in [5.74, 6) is 0. The first-order chi connectivity index (χ1) is 11.3. The van der Waals surface area contributed by atoms with E-state index in [1.54, 1.807) is 6.92 Å². The Morgan fingerprint density at radius 1 is 1.21 bits per heavy atom. The number of hydrogen-bond acceptors (Lipinski definition) is 2. The number of halogens is 2. The molecule has 1 aliphatic rings. The molecule has 6 heteroatoms. The highest BCUT2D eigenvalue weighted by molar-refractivity contribution is 6.42. The lowest BCUT2D eigenvalue weighted by molar-refractivity contribution is 0.111. The summed E-state index contributed by atoms with van der Waals surface area (Å²) in [6.07, 6.45) is 1.92. The highest BCUT2D eigenvalue weighted by atomic mass is 19.2. The van der Waals surface area contributed by atoms with Gasteiger partial charge in [-0.25, -0.2) is 0 Å². The molecule has 1 aromatic rings. The minimum Gasteiger partial charge on any atom is -0.322 e. The Balaban J connectivity index is 2.83. The number of aliphatic imine (C=N–C) groups is 1. The molecule has 0 saturated heterocycles. The van der Waals surface area contributed by atoms with E-state index in [0.717, 1.165) is 39.0 Å². The second kappa shape index (κ2) is 6.87. The third-order valence-corrected chi connectivity index (χ3v) is 4.87. The van der Waals surface area contributed by atoms with Gasteiger partial charge in [0.2, 0.25) is 0 Å². The lowest BCUT2D eigenvalue weighted by atomic mass is 9.98. The zero-order valence-corrected chi connectivity index (χ0v) is 15.1. The Labute approximate surface area is 142 Å². The Kier molecular flexibility index (Phi) is 5.26. The van der Waals surface area contributed by atoms with Crippen molar-refractivity contribution in [1.29, 1.82) is 0 Å². The van der Waals surface area contributed by atoms with Gasteiger partial charge in [0, 0.05) is 11.4 Å². The van der Waals surface area contributed by atoms with E-state index in [9.17, 15) is 13.4 Å². The number of nitrogens with zero attached hydrogens (tertiary/aromatic N) is 2. The van der Waals surface area contributed by atoms with Crippen molar-refractivity contribution in [1.82, 2.24) is 4.48 Å². The van der Waals surface area contributed by atoms with Crippen molar-refractivity contribution in [3.63, 3.8) is 0 Å².